The summed E-state index contributed by atoms with van der Waals surface area (Å²) >= 11 is 5.88. The van der Waals surface area contributed by atoms with E-state index in [-0.39, 0.29) is 34.1 Å². The lowest BCUT2D eigenvalue weighted by molar-refractivity contribution is -0.117. The minimum atomic E-state index is -3.77. The molecule has 8 nitrogen and oxygen atoms in total. The van der Waals surface area contributed by atoms with Crippen molar-refractivity contribution in [2.75, 3.05) is 26.3 Å². The van der Waals surface area contributed by atoms with Gasteiger partial charge in [-0.2, -0.15) is 4.31 Å². The standard InChI is InChI=1S/C20H19ClFN3O5S/c21-17-5-2-6-18(22)16(17)7-8-19(26)23-24-20(27)14-3-1-4-15(13-14)31(28,29)25-9-11-30-12-10-25/h1-8,13H,9-12H2,(H,23,26)(H,24,27)/b8-7+. The second-order valence-corrected chi connectivity index (χ2v) is 8.80. The predicted octanol–water partition coefficient (Wildman–Crippen LogP) is 1.97. The molecule has 1 heterocycles. The van der Waals surface area contributed by atoms with Crippen LogP contribution in [-0.2, 0) is 19.6 Å². The molecule has 3 rings (SSSR count). The molecule has 0 aromatic heterocycles. The Bertz CT molecular complexity index is 1100. The molecule has 31 heavy (non-hydrogen) atoms. The molecule has 1 fully saturated rings. The number of hydrogen-bond acceptors (Lipinski definition) is 5. The van der Waals surface area contributed by atoms with Gasteiger partial charge in [-0.15, -0.1) is 0 Å². The molecule has 11 heteroatoms. The molecule has 0 atom stereocenters. The van der Waals surface area contributed by atoms with Crippen molar-refractivity contribution in [3.63, 3.8) is 0 Å². The summed E-state index contributed by atoms with van der Waals surface area (Å²) in [5.41, 5.74) is 4.39. The van der Waals surface area contributed by atoms with Gasteiger partial charge in [-0.05, 0) is 36.4 Å². The lowest BCUT2D eigenvalue weighted by Crippen LogP contribution is -2.41. The van der Waals surface area contributed by atoms with E-state index in [1.807, 2.05) is 0 Å². The smallest absolute Gasteiger partial charge is 0.269 e. The Morgan fingerprint density at radius 2 is 1.81 bits per heavy atom. The summed E-state index contributed by atoms with van der Waals surface area (Å²) in [6.45, 7) is 1.06. The van der Waals surface area contributed by atoms with E-state index in [9.17, 15) is 22.4 Å². The Labute approximate surface area is 183 Å². The quantitative estimate of drug-likeness (QED) is 0.516. The van der Waals surface area contributed by atoms with Gasteiger partial charge < -0.3 is 4.74 Å². The van der Waals surface area contributed by atoms with Crippen LogP contribution in [0.5, 0.6) is 0 Å². The minimum Gasteiger partial charge on any atom is -0.379 e. The average molecular weight is 468 g/mol. The van der Waals surface area contributed by atoms with E-state index < -0.39 is 27.7 Å². The van der Waals surface area contributed by atoms with Crippen molar-refractivity contribution in [3.05, 3.63) is 70.5 Å². The summed E-state index contributed by atoms with van der Waals surface area (Å²) in [5, 5.41) is 0.131. The topological polar surface area (TPSA) is 105 Å². The fourth-order valence-electron chi connectivity index (χ4n) is 2.79. The van der Waals surface area contributed by atoms with Crippen molar-refractivity contribution in [2.24, 2.45) is 0 Å². The minimum absolute atomic E-state index is 0.0339. The van der Waals surface area contributed by atoms with E-state index in [4.69, 9.17) is 16.3 Å². The molecule has 2 aromatic rings. The molecule has 0 unspecified atom stereocenters. The zero-order chi connectivity index (χ0) is 22.4. The van der Waals surface area contributed by atoms with Gasteiger partial charge in [0.25, 0.3) is 11.8 Å². The number of carbonyl (C=O) groups excluding carboxylic acids is 2. The summed E-state index contributed by atoms with van der Waals surface area (Å²) in [7, 11) is -3.77. The third-order valence-electron chi connectivity index (χ3n) is 4.40. The van der Waals surface area contributed by atoms with Gasteiger partial charge in [-0.3, -0.25) is 20.4 Å². The number of ether oxygens (including phenoxy) is 1. The van der Waals surface area contributed by atoms with E-state index >= 15 is 0 Å². The largest absolute Gasteiger partial charge is 0.379 e. The molecule has 0 aliphatic carbocycles. The van der Waals surface area contributed by atoms with Crippen LogP contribution in [0.1, 0.15) is 15.9 Å². The summed E-state index contributed by atoms with van der Waals surface area (Å²) < 4.78 is 45.6. The fourth-order valence-corrected chi connectivity index (χ4v) is 4.48. The Kier molecular flexibility index (Phi) is 7.39. The van der Waals surface area contributed by atoms with Crippen molar-refractivity contribution in [2.45, 2.75) is 4.90 Å². The summed E-state index contributed by atoms with van der Waals surface area (Å²) in [4.78, 5) is 24.2. The van der Waals surface area contributed by atoms with Gasteiger partial charge in [-0.1, -0.05) is 23.7 Å². The maximum atomic E-state index is 13.7. The summed E-state index contributed by atoms with van der Waals surface area (Å²) in [6, 6.07) is 9.56. The third-order valence-corrected chi connectivity index (χ3v) is 6.63. The summed E-state index contributed by atoms with van der Waals surface area (Å²) in [5.74, 6) is -2.05. The molecule has 0 spiro atoms. The Morgan fingerprint density at radius 3 is 2.52 bits per heavy atom. The van der Waals surface area contributed by atoms with Gasteiger partial charge in [0.15, 0.2) is 0 Å². The predicted molar refractivity (Wildman–Crippen MR) is 112 cm³/mol. The summed E-state index contributed by atoms with van der Waals surface area (Å²) in [6.07, 6.45) is 2.18. The number of nitrogens with one attached hydrogen (secondary N) is 2. The monoisotopic (exact) mass is 467 g/mol. The van der Waals surface area contributed by atoms with Crippen LogP contribution < -0.4 is 10.9 Å². The van der Waals surface area contributed by atoms with Crippen molar-refractivity contribution < 1.29 is 27.1 Å². The van der Waals surface area contributed by atoms with E-state index in [1.165, 1.54) is 52.8 Å². The lowest BCUT2D eigenvalue weighted by atomic mass is 10.2. The molecule has 1 aliphatic rings. The first-order valence-corrected chi connectivity index (χ1v) is 11.0. The number of morpholine rings is 1. The van der Waals surface area contributed by atoms with Crippen LogP contribution in [-0.4, -0.2) is 50.8 Å². The molecule has 2 amide bonds. The lowest BCUT2D eigenvalue weighted by Gasteiger charge is -2.26. The second-order valence-electron chi connectivity index (χ2n) is 6.46. The molecule has 164 valence electrons. The van der Waals surface area contributed by atoms with Crippen LogP contribution in [0.2, 0.25) is 5.02 Å². The van der Waals surface area contributed by atoms with Crippen LogP contribution in [0.3, 0.4) is 0 Å². The van der Waals surface area contributed by atoms with E-state index in [2.05, 4.69) is 10.9 Å². The van der Waals surface area contributed by atoms with Crippen molar-refractivity contribution in [1.82, 2.24) is 15.2 Å². The highest BCUT2D eigenvalue weighted by molar-refractivity contribution is 7.89. The molecular weight excluding hydrogens is 449 g/mol. The molecule has 0 radical (unpaired) electrons. The Morgan fingerprint density at radius 1 is 1.10 bits per heavy atom. The molecule has 2 N–H and O–H groups in total. The number of carbonyl (C=O) groups is 2. The van der Waals surface area contributed by atoms with Crippen LogP contribution in [0, 0.1) is 5.82 Å². The average Bonchev–Trinajstić information content (AvgIpc) is 2.77. The highest BCUT2D eigenvalue weighted by atomic mass is 35.5. The van der Waals surface area contributed by atoms with Crippen molar-refractivity contribution in [1.29, 1.82) is 0 Å². The maximum absolute atomic E-state index is 13.7. The number of rotatable bonds is 5. The first kappa shape index (κ1) is 22.9. The van der Waals surface area contributed by atoms with Crippen LogP contribution >= 0.6 is 11.6 Å². The normalized spacial score (nSPS) is 15.0. The third kappa shape index (κ3) is 5.67. The molecule has 1 aliphatic heterocycles. The maximum Gasteiger partial charge on any atom is 0.269 e. The second kappa shape index (κ2) is 10.0. The zero-order valence-corrected chi connectivity index (χ0v) is 17.7. The van der Waals surface area contributed by atoms with Crippen molar-refractivity contribution in [3.8, 4) is 0 Å². The van der Waals surface area contributed by atoms with Crippen LogP contribution in [0.4, 0.5) is 4.39 Å². The van der Waals surface area contributed by atoms with E-state index in [1.54, 1.807) is 0 Å². The SMILES string of the molecule is O=C(/C=C/c1c(F)cccc1Cl)NNC(=O)c1cccc(S(=O)(=O)N2CCOCC2)c1. The van der Waals surface area contributed by atoms with Crippen LogP contribution in [0.25, 0.3) is 6.08 Å². The fraction of sp³-hybridized carbons (Fsp3) is 0.200. The van der Waals surface area contributed by atoms with Crippen LogP contribution in [0.15, 0.2) is 53.4 Å². The molecular formula is C20H19ClFN3O5S. The molecule has 1 saturated heterocycles. The van der Waals surface area contributed by atoms with E-state index in [0.717, 1.165) is 6.08 Å². The van der Waals surface area contributed by atoms with Gasteiger partial charge in [0.2, 0.25) is 10.0 Å². The first-order chi connectivity index (χ1) is 14.8. The number of sulfonamides is 1. The Hall–Kier alpha value is -2.79. The molecule has 0 saturated carbocycles. The van der Waals surface area contributed by atoms with E-state index in [0.29, 0.717) is 13.2 Å². The van der Waals surface area contributed by atoms with Gasteiger partial charge in [0.1, 0.15) is 5.82 Å². The number of hydrogen-bond donors (Lipinski definition) is 2. The number of hydrazine groups is 1. The highest BCUT2D eigenvalue weighted by Gasteiger charge is 2.26. The zero-order valence-electron chi connectivity index (χ0n) is 16.2. The Balaban J connectivity index is 1.64. The number of halogens is 2. The van der Waals surface area contributed by atoms with Gasteiger partial charge in [-0.25, -0.2) is 12.8 Å². The number of nitrogens with zero attached hydrogens (tertiary/aromatic N) is 1. The highest BCUT2D eigenvalue weighted by Crippen LogP contribution is 2.20. The first-order valence-electron chi connectivity index (χ1n) is 9.19. The molecule has 2 aromatic carbocycles. The van der Waals surface area contributed by atoms with Crippen molar-refractivity contribution >= 4 is 39.5 Å². The van der Waals surface area contributed by atoms with Gasteiger partial charge >= 0.3 is 0 Å². The molecule has 0 bridgehead atoms. The number of amides is 2. The number of benzene rings is 2. The van der Waals surface area contributed by atoms with Gasteiger partial charge in [0, 0.05) is 30.3 Å². The van der Waals surface area contributed by atoms with Gasteiger partial charge in [0.05, 0.1) is 23.1 Å².